The zero-order chi connectivity index (χ0) is 31.4. The van der Waals surface area contributed by atoms with Crippen molar-refractivity contribution in [1.82, 2.24) is 0 Å². The topological polar surface area (TPSA) is 6.48 Å². The van der Waals surface area contributed by atoms with Gasteiger partial charge in [0.2, 0.25) is 0 Å². The van der Waals surface area contributed by atoms with E-state index in [-0.39, 0.29) is 11.4 Å². The minimum absolute atomic E-state index is 0.0822. The maximum absolute atomic E-state index is 15.4. The number of hydrogen-bond donors (Lipinski definition) is 0. The van der Waals surface area contributed by atoms with Crippen molar-refractivity contribution in [2.45, 2.75) is 0 Å². The number of hydrogen-bond acceptors (Lipinski definition) is 2. The third-order valence-electron chi connectivity index (χ3n) is 8.43. The highest BCUT2D eigenvalue weighted by Gasteiger charge is 2.24. The fourth-order valence-corrected chi connectivity index (χ4v) is 6.44. The Kier molecular flexibility index (Phi) is 6.57. The molecule has 46 heavy (non-hydrogen) atoms. The fraction of sp³-hybridized carbons (Fsp3) is 0. The molecule has 222 valence electrons. The second-order valence-corrected chi connectivity index (χ2v) is 11.1. The predicted octanol–water partition coefficient (Wildman–Crippen LogP) is 12.1. The van der Waals surface area contributed by atoms with E-state index in [1.165, 1.54) is 12.1 Å². The van der Waals surface area contributed by atoms with Gasteiger partial charge in [0, 0.05) is 34.3 Å². The van der Waals surface area contributed by atoms with Gasteiger partial charge in [-0.05, 0) is 82.2 Å². The smallest absolute Gasteiger partial charge is 0.147 e. The van der Waals surface area contributed by atoms with Gasteiger partial charge in [0.15, 0.2) is 0 Å². The van der Waals surface area contributed by atoms with Crippen molar-refractivity contribution in [3.05, 3.63) is 169 Å². The number of rotatable bonds is 6. The first-order valence-electron chi connectivity index (χ1n) is 14.8. The van der Waals surface area contributed by atoms with E-state index in [0.29, 0.717) is 22.7 Å². The average molecular weight is 609 g/mol. The Morgan fingerprint density at radius 1 is 0.348 bits per heavy atom. The largest absolute Gasteiger partial charge is 0.307 e. The molecule has 6 heteroatoms. The summed E-state index contributed by atoms with van der Waals surface area (Å²) < 4.78 is 60.0. The van der Waals surface area contributed by atoms with Crippen molar-refractivity contribution >= 4 is 66.4 Å². The predicted molar refractivity (Wildman–Crippen MR) is 179 cm³/mol. The number of para-hydroxylation sites is 2. The van der Waals surface area contributed by atoms with Crippen molar-refractivity contribution in [3.63, 3.8) is 0 Å². The molecule has 0 saturated heterocycles. The fourth-order valence-electron chi connectivity index (χ4n) is 6.44. The molecule has 0 fully saturated rings. The number of anilines is 6. The molecule has 0 heterocycles. The summed E-state index contributed by atoms with van der Waals surface area (Å²) in [5, 5.41) is 5.38. The maximum atomic E-state index is 15.4. The van der Waals surface area contributed by atoms with Crippen LogP contribution in [0.3, 0.4) is 0 Å². The Bertz CT molecular complexity index is 2210. The summed E-state index contributed by atoms with van der Waals surface area (Å²) in [5.74, 6) is -2.22. The molecule has 0 aliphatic rings. The summed E-state index contributed by atoms with van der Waals surface area (Å²) in [6.45, 7) is 0. The lowest BCUT2D eigenvalue weighted by Crippen LogP contribution is -2.13. The maximum Gasteiger partial charge on any atom is 0.147 e. The van der Waals surface area contributed by atoms with E-state index in [4.69, 9.17) is 0 Å². The third-order valence-corrected chi connectivity index (χ3v) is 8.43. The van der Waals surface area contributed by atoms with E-state index < -0.39 is 23.3 Å². The molecule has 0 N–H and O–H groups in total. The van der Waals surface area contributed by atoms with Gasteiger partial charge in [0.1, 0.15) is 23.3 Å². The van der Waals surface area contributed by atoms with Crippen LogP contribution in [0.1, 0.15) is 0 Å². The molecule has 8 rings (SSSR count). The molecule has 0 aromatic heterocycles. The lowest BCUT2D eigenvalue weighted by molar-refractivity contribution is 0.601. The van der Waals surface area contributed by atoms with Crippen molar-refractivity contribution in [2.24, 2.45) is 0 Å². The first-order chi connectivity index (χ1) is 22.5. The Balaban J connectivity index is 1.43. The van der Waals surface area contributed by atoms with Crippen LogP contribution in [0.5, 0.6) is 0 Å². The Hall–Kier alpha value is -5.88. The van der Waals surface area contributed by atoms with Crippen LogP contribution in [0.4, 0.5) is 51.7 Å². The Morgan fingerprint density at radius 2 is 0.739 bits per heavy atom. The van der Waals surface area contributed by atoms with Crippen LogP contribution < -0.4 is 9.80 Å². The summed E-state index contributed by atoms with van der Waals surface area (Å²) in [4.78, 5) is 3.45. The van der Waals surface area contributed by atoms with Crippen LogP contribution in [0, 0.1) is 23.3 Å². The molecule has 0 aliphatic heterocycles. The van der Waals surface area contributed by atoms with E-state index in [2.05, 4.69) is 0 Å². The van der Waals surface area contributed by atoms with Crippen LogP contribution >= 0.6 is 0 Å². The molecular formula is C40H24F4N2. The van der Waals surface area contributed by atoms with Gasteiger partial charge in [-0.25, -0.2) is 17.6 Å². The van der Waals surface area contributed by atoms with Gasteiger partial charge in [0.25, 0.3) is 0 Å². The highest BCUT2D eigenvalue weighted by molar-refractivity contribution is 6.28. The van der Waals surface area contributed by atoms with Gasteiger partial charge < -0.3 is 9.80 Å². The number of halogens is 4. The minimum Gasteiger partial charge on any atom is -0.307 e. The minimum atomic E-state index is -0.561. The van der Waals surface area contributed by atoms with Crippen LogP contribution in [-0.2, 0) is 0 Å². The Labute approximate surface area is 262 Å². The zero-order valence-corrected chi connectivity index (χ0v) is 24.3. The standard InChI is InChI=1S/C40H24F4N2/c41-27-15-19-33(43)37(23-27)45(29-7-3-1-4-8-29)35-21-13-25-12-18-32-36(22-14-26-11-17-31(35)39(25)40(26)32)46(30-9-5-2-6-10-30)38-24-28(42)16-20-34(38)44/h1-24H. The summed E-state index contributed by atoms with van der Waals surface area (Å²) >= 11 is 0. The molecule has 0 bridgehead atoms. The monoisotopic (exact) mass is 608 g/mol. The first kappa shape index (κ1) is 27.7. The van der Waals surface area contributed by atoms with E-state index in [1.54, 1.807) is 9.80 Å². The van der Waals surface area contributed by atoms with Crippen molar-refractivity contribution in [2.75, 3.05) is 9.80 Å². The Morgan fingerprint density at radius 3 is 1.15 bits per heavy atom. The van der Waals surface area contributed by atoms with Gasteiger partial charge in [0.05, 0.1) is 22.7 Å². The van der Waals surface area contributed by atoms with Gasteiger partial charge in [-0.1, -0.05) is 72.8 Å². The van der Waals surface area contributed by atoms with Gasteiger partial charge in [-0.2, -0.15) is 0 Å². The summed E-state index contributed by atoms with van der Waals surface area (Å²) in [5.41, 5.74) is 2.83. The highest BCUT2D eigenvalue weighted by atomic mass is 19.1. The summed E-state index contributed by atoms with van der Waals surface area (Å²) in [6, 6.07) is 41.2. The molecule has 0 amide bonds. The van der Waals surface area contributed by atoms with Crippen LogP contribution in [0.25, 0.3) is 32.3 Å². The normalized spacial score (nSPS) is 11.5. The van der Waals surface area contributed by atoms with Crippen molar-refractivity contribution < 1.29 is 17.6 Å². The first-order valence-corrected chi connectivity index (χ1v) is 14.8. The summed E-state index contributed by atoms with van der Waals surface area (Å²) in [7, 11) is 0. The second kappa shape index (κ2) is 10.9. The van der Waals surface area contributed by atoms with Crippen molar-refractivity contribution in [3.8, 4) is 0 Å². The van der Waals surface area contributed by atoms with E-state index in [0.717, 1.165) is 56.6 Å². The van der Waals surface area contributed by atoms with Gasteiger partial charge >= 0.3 is 0 Å². The average Bonchev–Trinajstić information content (AvgIpc) is 3.09. The third kappa shape index (κ3) is 4.49. The molecule has 0 spiro atoms. The number of nitrogens with zero attached hydrogens (tertiary/aromatic N) is 2. The molecule has 0 saturated carbocycles. The lowest BCUT2D eigenvalue weighted by Gasteiger charge is -2.29. The SMILES string of the molecule is Fc1ccc(F)c(N(c2ccccc2)c2ccc3ccc4c(N(c5ccccc5)c5cc(F)ccc5F)ccc5ccc2c3c54)c1. The quantitative estimate of drug-likeness (QED) is 0.137. The lowest BCUT2D eigenvalue weighted by atomic mass is 9.91. The van der Waals surface area contributed by atoms with E-state index in [9.17, 15) is 8.78 Å². The number of benzene rings is 8. The molecular weight excluding hydrogens is 584 g/mol. The molecule has 2 nitrogen and oxygen atoms in total. The van der Waals surface area contributed by atoms with Crippen LogP contribution in [-0.4, -0.2) is 0 Å². The molecule has 8 aromatic carbocycles. The molecule has 0 atom stereocenters. The molecule has 0 radical (unpaired) electrons. The van der Waals surface area contributed by atoms with Crippen LogP contribution in [0.2, 0.25) is 0 Å². The van der Waals surface area contributed by atoms with Crippen LogP contribution in [0.15, 0.2) is 146 Å². The zero-order valence-electron chi connectivity index (χ0n) is 24.3. The highest BCUT2D eigenvalue weighted by Crippen LogP contribution is 2.48. The van der Waals surface area contributed by atoms with Gasteiger partial charge in [-0.3, -0.25) is 0 Å². The van der Waals surface area contributed by atoms with Gasteiger partial charge in [-0.15, -0.1) is 0 Å². The van der Waals surface area contributed by atoms with E-state index in [1.807, 2.05) is 109 Å². The molecule has 8 aromatic rings. The summed E-state index contributed by atoms with van der Waals surface area (Å²) in [6.07, 6.45) is 0. The molecule has 0 aliphatic carbocycles. The second-order valence-electron chi connectivity index (χ2n) is 11.1. The van der Waals surface area contributed by atoms with Crippen molar-refractivity contribution in [1.29, 1.82) is 0 Å². The molecule has 0 unspecified atom stereocenters. The van der Waals surface area contributed by atoms with E-state index >= 15 is 8.78 Å².